The highest BCUT2D eigenvalue weighted by Gasteiger charge is 2.33. The number of nitriles is 1. The molecule has 0 unspecified atom stereocenters. The van der Waals surface area contributed by atoms with E-state index in [1.807, 2.05) is 6.08 Å². The van der Waals surface area contributed by atoms with Gasteiger partial charge in [-0.25, -0.2) is 0 Å². The summed E-state index contributed by atoms with van der Waals surface area (Å²) in [6.45, 7) is 0. The van der Waals surface area contributed by atoms with Gasteiger partial charge < -0.3 is 0 Å². The minimum atomic E-state index is 0.0358. The normalized spacial score (nSPS) is 32.1. The van der Waals surface area contributed by atoms with E-state index in [9.17, 15) is 0 Å². The molecule has 3 aliphatic rings. The van der Waals surface area contributed by atoms with Crippen molar-refractivity contribution in [2.24, 2.45) is 16.8 Å². The van der Waals surface area contributed by atoms with Gasteiger partial charge >= 0.3 is 0 Å². The molecule has 0 aromatic heterocycles. The molecule has 0 radical (unpaired) electrons. The molecule has 0 saturated carbocycles. The van der Waals surface area contributed by atoms with Gasteiger partial charge in [0.2, 0.25) is 0 Å². The highest BCUT2D eigenvalue weighted by Crippen LogP contribution is 2.41. The fraction of sp³-hybridized carbons (Fsp3) is 0.385. The topological polar surface area (TPSA) is 36.1 Å². The lowest BCUT2D eigenvalue weighted by molar-refractivity contribution is 0.576. The molecule has 15 heavy (non-hydrogen) atoms. The first kappa shape index (κ1) is 8.67. The Morgan fingerprint density at radius 2 is 2.33 bits per heavy atom. The third kappa shape index (κ3) is 1.20. The van der Waals surface area contributed by atoms with Gasteiger partial charge in [-0.2, -0.15) is 5.26 Å². The van der Waals surface area contributed by atoms with Crippen molar-refractivity contribution in [1.82, 2.24) is 0 Å². The largest absolute Gasteiger partial charge is 0.256 e. The zero-order valence-corrected chi connectivity index (χ0v) is 8.48. The average molecular weight is 196 g/mol. The number of hydrogen-bond acceptors (Lipinski definition) is 2. The highest BCUT2D eigenvalue weighted by molar-refractivity contribution is 6.03. The monoisotopic (exact) mass is 196 g/mol. The predicted octanol–water partition coefficient (Wildman–Crippen LogP) is 2.76. The maximum atomic E-state index is 9.08. The van der Waals surface area contributed by atoms with Crippen LogP contribution in [0.2, 0.25) is 0 Å². The van der Waals surface area contributed by atoms with Gasteiger partial charge in [0, 0.05) is 5.92 Å². The Morgan fingerprint density at radius 3 is 3.20 bits per heavy atom. The van der Waals surface area contributed by atoms with E-state index < -0.39 is 0 Å². The van der Waals surface area contributed by atoms with Gasteiger partial charge in [-0.05, 0) is 30.9 Å². The molecule has 2 aliphatic carbocycles. The SMILES string of the molecule is N#C[C@H]1CCCC2=C1N=C1C=CC=C[C@@H]12. The fourth-order valence-electron chi connectivity index (χ4n) is 2.65. The minimum absolute atomic E-state index is 0.0358. The number of allylic oxidation sites excluding steroid dienone is 6. The molecule has 74 valence electrons. The number of fused-ring (bicyclic) bond motifs is 2. The van der Waals surface area contributed by atoms with Crippen LogP contribution in [0, 0.1) is 23.2 Å². The standard InChI is InChI=1S/C13H12N2/c14-8-9-4-3-6-11-10-5-1-2-7-12(10)15-13(9)11/h1-2,5,7,9-10H,3-4,6H2/t9-,10-/m1/s1. The summed E-state index contributed by atoms with van der Waals surface area (Å²) in [6, 6.07) is 2.37. The van der Waals surface area contributed by atoms with E-state index in [0.717, 1.165) is 30.7 Å². The maximum Gasteiger partial charge on any atom is 0.0884 e. The summed E-state index contributed by atoms with van der Waals surface area (Å²) in [4.78, 5) is 4.62. The lowest BCUT2D eigenvalue weighted by Crippen LogP contribution is -2.13. The summed E-state index contributed by atoms with van der Waals surface area (Å²) in [7, 11) is 0. The van der Waals surface area contributed by atoms with Crippen molar-refractivity contribution in [3.05, 3.63) is 35.6 Å². The van der Waals surface area contributed by atoms with Crippen LogP contribution in [0.5, 0.6) is 0 Å². The van der Waals surface area contributed by atoms with Crippen LogP contribution in [-0.2, 0) is 0 Å². The number of aliphatic imine (C=N–C) groups is 1. The first-order chi connectivity index (χ1) is 7.40. The Balaban J connectivity index is 2.06. The number of nitrogens with zero attached hydrogens (tertiary/aromatic N) is 2. The van der Waals surface area contributed by atoms with Crippen LogP contribution in [-0.4, -0.2) is 5.71 Å². The van der Waals surface area contributed by atoms with Gasteiger partial charge in [-0.3, -0.25) is 4.99 Å². The minimum Gasteiger partial charge on any atom is -0.256 e. The number of rotatable bonds is 0. The molecule has 2 heteroatoms. The van der Waals surface area contributed by atoms with E-state index in [4.69, 9.17) is 5.26 Å². The van der Waals surface area contributed by atoms with Crippen LogP contribution in [0.15, 0.2) is 40.6 Å². The first-order valence-electron chi connectivity index (χ1n) is 5.46. The summed E-state index contributed by atoms with van der Waals surface area (Å²) in [5, 5.41) is 9.08. The summed E-state index contributed by atoms with van der Waals surface area (Å²) >= 11 is 0. The second-order valence-electron chi connectivity index (χ2n) is 4.24. The molecule has 0 N–H and O–H groups in total. The summed E-state index contributed by atoms with van der Waals surface area (Å²) in [5.41, 5.74) is 3.59. The molecule has 0 saturated heterocycles. The van der Waals surface area contributed by atoms with Crippen molar-refractivity contribution >= 4 is 5.71 Å². The first-order valence-corrected chi connectivity index (χ1v) is 5.46. The van der Waals surface area contributed by atoms with Crippen LogP contribution >= 0.6 is 0 Å². The molecule has 0 aromatic carbocycles. The van der Waals surface area contributed by atoms with Crippen LogP contribution in [0.4, 0.5) is 0 Å². The molecular formula is C13H12N2. The van der Waals surface area contributed by atoms with Crippen molar-refractivity contribution < 1.29 is 0 Å². The van der Waals surface area contributed by atoms with Crippen molar-refractivity contribution in [3.8, 4) is 6.07 Å². The molecule has 2 atom stereocenters. The molecule has 0 fully saturated rings. The van der Waals surface area contributed by atoms with E-state index in [-0.39, 0.29) is 5.92 Å². The molecule has 1 heterocycles. The third-order valence-electron chi connectivity index (χ3n) is 3.38. The zero-order valence-electron chi connectivity index (χ0n) is 8.48. The second kappa shape index (κ2) is 3.20. The Bertz CT molecular complexity index is 457. The maximum absolute atomic E-state index is 9.08. The van der Waals surface area contributed by atoms with Gasteiger partial charge in [0.15, 0.2) is 0 Å². The highest BCUT2D eigenvalue weighted by atomic mass is 14.8. The Morgan fingerprint density at radius 1 is 1.40 bits per heavy atom. The van der Waals surface area contributed by atoms with E-state index >= 15 is 0 Å². The van der Waals surface area contributed by atoms with E-state index in [1.165, 1.54) is 5.57 Å². The molecule has 0 spiro atoms. The van der Waals surface area contributed by atoms with Crippen molar-refractivity contribution in [3.63, 3.8) is 0 Å². The molecular weight excluding hydrogens is 184 g/mol. The molecule has 1 aliphatic heterocycles. The van der Waals surface area contributed by atoms with E-state index in [1.54, 1.807) is 0 Å². The fourth-order valence-corrected chi connectivity index (χ4v) is 2.65. The van der Waals surface area contributed by atoms with E-state index in [0.29, 0.717) is 5.92 Å². The smallest absolute Gasteiger partial charge is 0.0884 e. The lowest BCUT2D eigenvalue weighted by Gasteiger charge is -2.20. The van der Waals surface area contributed by atoms with Crippen LogP contribution in [0.3, 0.4) is 0 Å². The molecule has 0 amide bonds. The molecule has 2 nitrogen and oxygen atoms in total. The lowest BCUT2D eigenvalue weighted by atomic mass is 9.82. The number of hydrogen-bond donors (Lipinski definition) is 0. The van der Waals surface area contributed by atoms with Gasteiger partial charge in [0.1, 0.15) is 0 Å². The van der Waals surface area contributed by atoms with Crippen LogP contribution in [0.25, 0.3) is 0 Å². The van der Waals surface area contributed by atoms with Crippen LogP contribution in [0.1, 0.15) is 19.3 Å². The molecule has 3 rings (SSSR count). The Kier molecular flexibility index (Phi) is 1.85. The quantitative estimate of drug-likeness (QED) is 0.586. The van der Waals surface area contributed by atoms with E-state index in [2.05, 4.69) is 29.3 Å². The summed E-state index contributed by atoms with van der Waals surface area (Å²) < 4.78 is 0. The second-order valence-corrected chi connectivity index (χ2v) is 4.24. The Labute approximate surface area is 89.3 Å². The predicted molar refractivity (Wildman–Crippen MR) is 59.2 cm³/mol. The van der Waals surface area contributed by atoms with Gasteiger partial charge in [-0.15, -0.1) is 0 Å². The van der Waals surface area contributed by atoms with Gasteiger partial charge in [-0.1, -0.05) is 18.2 Å². The van der Waals surface area contributed by atoms with Gasteiger partial charge in [0.25, 0.3) is 0 Å². The summed E-state index contributed by atoms with van der Waals surface area (Å²) in [6.07, 6.45) is 11.6. The van der Waals surface area contributed by atoms with Crippen molar-refractivity contribution in [2.45, 2.75) is 19.3 Å². The summed E-state index contributed by atoms with van der Waals surface area (Å²) in [5.74, 6) is 0.412. The molecule has 0 aromatic rings. The van der Waals surface area contributed by atoms with Crippen LogP contribution < -0.4 is 0 Å². The van der Waals surface area contributed by atoms with Crippen molar-refractivity contribution in [1.29, 1.82) is 5.26 Å². The van der Waals surface area contributed by atoms with Crippen molar-refractivity contribution in [2.75, 3.05) is 0 Å². The average Bonchev–Trinajstić information content (AvgIpc) is 2.67. The Hall–Kier alpha value is -1.62. The molecule has 0 bridgehead atoms. The van der Waals surface area contributed by atoms with Gasteiger partial charge in [0.05, 0.1) is 23.4 Å². The zero-order chi connectivity index (χ0) is 10.3. The third-order valence-corrected chi connectivity index (χ3v) is 3.38.